The largest absolute Gasteiger partial charge is 1.00 e. The standard InChI is InChI=1S/C24H36N2O9.ClH/c1-26(2,23-20(31)18(29)19(30)21(35-23)22(32)25-12-17(27)28)13-15-7-4-5-10-24(15,33)14-8-6-9-16(11-14)34-3;/h6,8-9,11,15,18-21,23,29-31,33H,4-5,7,10,12-13H2,1-3H3,(H-,25,27,28,32);1H. The zero-order chi connectivity index (χ0) is 26.0. The van der Waals surface area contributed by atoms with Crippen molar-refractivity contribution in [3.05, 3.63) is 29.8 Å². The third-order valence-electron chi connectivity index (χ3n) is 7.25. The second-order valence-corrected chi connectivity index (χ2v) is 10.1. The summed E-state index contributed by atoms with van der Waals surface area (Å²) in [6, 6.07) is 7.30. The first-order valence-electron chi connectivity index (χ1n) is 11.8. The minimum atomic E-state index is -1.74. The summed E-state index contributed by atoms with van der Waals surface area (Å²) < 4.78 is 11.1. The van der Waals surface area contributed by atoms with Gasteiger partial charge in [0.25, 0.3) is 5.91 Å². The number of nitrogens with one attached hydrogen (secondary N) is 1. The molecule has 6 N–H and O–H groups in total. The lowest BCUT2D eigenvalue weighted by atomic mass is 9.71. The number of amides is 1. The molecule has 1 aromatic carbocycles. The summed E-state index contributed by atoms with van der Waals surface area (Å²) in [5.41, 5.74) is -0.425. The van der Waals surface area contributed by atoms with Crippen LogP contribution in [0.3, 0.4) is 0 Å². The van der Waals surface area contributed by atoms with Gasteiger partial charge in [0.1, 0.15) is 24.5 Å². The van der Waals surface area contributed by atoms with Crippen molar-refractivity contribution < 1.29 is 61.5 Å². The van der Waals surface area contributed by atoms with Crippen LogP contribution in [0.2, 0.25) is 0 Å². The number of aliphatic carboxylic acids is 1. The smallest absolute Gasteiger partial charge is 0.322 e. The van der Waals surface area contributed by atoms with E-state index in [2.05, 4.69) is 5.32 Å². The molecule has 0 spiro atoms. The van der Waals surface area contributed by atoms with Gasteiger partial charge in [-0.05, 0) is 30.5 Å². The van der Waals surface area contributed by atoms with Gasteiger partial charge in [0.2, 0.25) is 6.23 Å². The quantitative estimate of drug-likeness (QED) is 0.184. The van der Waals surface area contributed by atoms with E-state index >= 15 is 0 Å². The maximum absolute atomic E-state index is 12.5. The fraction of sp³-hybridized carbons (Fsp3) is 0.667. The van der Waals surface area contributed by atoms with E-state index in [4.69, 9.17) is 14.6 Å². The number of nitrogens with zero attached hydrogens (tertiary/aromatic N) is 1. The van der Waals surface area contributed by atoms with Crippen LogP contribution in [-0.2, 0) is 19.9 Å². The van der Waals surface area contributed by atoms with E-state index in [0.29, 0.717) is 25.1 Å². The van der Waals surface area contributed by atoms with Gasteiger partial charge in [-0.25, -0.2) is 0 Å². The Bertz CT molecular complexity index is 917. The molecule has 2 aliphatic rings. The van der Waals surface area contributed by atoms with E-state index in [9.17, 15) is 30.0 Å². The molecule has 1 aliphatic carbocycles. The van der Waals surface area contributed by atoms with Crippen LogP contribution in [0, 0.1) is 5.92 Å². The molecule has 2 fully saturated rings. The van der Waals surface area contributed by atoms with Gasteiger partial charge in [0.05, 0.1) is 33.4 Å². The molecule has 1 saturated carbocycles. The van der Waals surface area contributed by atoms with Gasteiger partial charge in [0.15, 0.2) is 12.2 Å². The summed E-state index contributed by atoms with van der Waals surface area (Å²) in [5, 5.41) is 54.3. The normalized spacial score (nSPS) is 32.8. The number of benzene rings is 1. The van der Waals surface area contributed by atoms with Crippen LogP contribution >= 0.6 is 0 Å². The number of carbonyl (C=O) groups is 2. The van der Waals surface area contributed by atoms with Crippen LogP contribution in [0.15, 0.2) is 24.3 Å². The number of aliphatic hydroxyl groups excluding tert-OH is 3. The number of rotatable bonds is 8. The SMILES string of the molecule is COc1cccc(C2(O)CCCCC2C[N+](C)(C)C2OC(C(=O)NCC(=O)O)C(O)C(O)C2O)c1.[Cl-]. The highest BCUT2D eigenvalue weighted by Gasteiger charge is 2.54. The molecule has 7 unspecified atom stereocenters. The van der Waals surface area contributed by atoms with Crippen molar-refractivity contribution in [1.82, 2.24) is 5.32 Å². The van der Waals surface area contributed by atoms with Crippen molar-refractivity contribution in [3.8, 4) is 5.75 Å². The number of halogens is 1. The molecule has 0 aromatic heterocycles. The van der Waals surface area contributed by atoms with Crippen LogP contribution in [0.4, 0.5) is 0 Å². The summed E-state index contributed by atoms with van der Waals surface area (Å²) in [6.45, 7) is -0.343. The van der Waals surface area contributed by atoms with Crippen molar-refractivity contribution >= 4 is 11.9 Å². The molecule has 0 radical (unpaired) electrons. The second kappa shape index (κ2) is 12.0. The molecule has 1 aliphatic heterocycles. The minimum Gasteiger partial charge on any atom is -1.00 e. The Hall–Kier alpha value is -1.99. The molecular formula is C24H37ClN2O9. The Kier molecular flexibility index (Phi) is 10.1. The number of carboxylic acid groups (broad SMARTS) is 1. The topological polar surface area (TPSA) is 166 Å². The summed E-state index contributed by atoms with van der Waals surface area (Å²) in [4.78, 5) is 23.3. The first-order chi connectivity index (χ1) is 16.4. The second-order valence-electron chi connectivity index (χ2n) is 10.1. The molecule has 204 valence electrons. The Morgan fingerprint density at radius 2 is 1.86 bits per heavy atom. The molecule has 7 atom stereocenters. The molecule has 36 heavy (non-hydrogen) atoms. The monoisotopic (exact) mass is 532 g/mol. The van der Waals surface area contributed by atoms with E-state index in [-0.39, 0.29) is 22.8 Å². The molecule has 3 rings (SSSR count). The zero-order valence-electron chi connectivity index (χ0n) is 20.7. The highest BCUT2D eigenvalue weighted by molar-refractivity contribution is 5.85. The lowest BCUT2D eigenvalue weighted by Gasteiger charge is -2.50. The maximum atomic E-state index is 12.5. The van der Waals surface area contributed by atoms with Crippen LogP contribution < -0.4 is 22.5 Å². The predicted molar refractivity (Wildman–Crippen MR) is 123 cm³/mol. The molecule has 1 saturated heterocycles. The van der Waals surface area contributed by atoms with Gasteiger partial charge < -0.3 is 57.2 Å². The third kappa shape index (κ3) is 6.28. The van der Waals surface area contributed by atoms with E-state index in [1.165, 1.54) is 0 Å². The van der Waals surface area contributed by atoms with Crippen LogP contribution in [-0.4, -0.2) is 107 Å². The summed E-state index contributed by atoms with van der Waals surface area (Å²) in [5.74, 6) is -1.78. The van der Waals surface area contributed by atoms with Crippen molar-refractivity contribution in [3.63, 3.8) is 0 Å². The number of likely N-dealkylation sites (N-methyl/N-ethyl adjacent to an activating group) is 1. The van der Waals surface area contributed by atoms with Gasteiger partial charge >= 0.3 is 5.97 Å². The predicted octanol–water partition coefficient (Wildman–Crippen LogP) is -3.84. The molecule has 1 amide bonds. The number of carbonyl (C=O) groups excluding carboxylic acids is 1. The van der Waals surface area contributed by atoms with Crippen molar-refractivity contribution in [2.45, 2.75) is 61.9 Å². The van der Waals surface area contributed by atoms with E-state index in [0.717, 1.165) is 18.4 Å². The van der Waals surface area contributed by atoms with Gasteiger partial charge in [0, 0.05) is 5.92 Å². The summed E-state index contributed by atoms with van der Waals surface area (Å²) >= 11 is 0. The number of carboxylic acids is 1. The highest BCUT2D eigenvalue weighted by atomic mass is 35.5. The summed E-state index contributed by atoms with van der Waals surface area (Å²) in [7, 11) is 5.07. The van der Waals surface area contributed by atoms with E-state index < -0.39 is 54.7 Å². The van der Waals surface area contributed by atoms with Gasteiger partial charge in [-0.2, -0.15) is 0 Å². The third-order valence-corrected chi connectivity index (χ3v) is 7.25. The van der Waals surface area contributed by atoms with Crippen molar-refractivity contribution in [1.29, 1.82) is 0 Å². The molecule has 1 aromatic rings. The maximum Gasteiger partial charge on any atom is 0.322 e. The molecule has 0 bridgehead atoms. The fourth-order valence-electron chi connectivity index (χ4n) is 5.33. The Labute approximate surface area is 216 Å². The van der Waals surface area contributed by atoms with Gasteiger partial charge in [-0.1, -0.05) is 25.0 Å². The zero-order valence-corrected chi connectivity index (χ0v) is 21.5. The average Bonchev–Trinajstić information content (AvgIpc) is 2.82. The molecule has 1 heterocycles. The first kappa shape index (κ1) is 30.2. The van der Waals surface area contributed by atoms with E-state index in [1.807, 2.05) is 18.2 Å². The van der Waals surface area contributed by atoms with Crippen molar-refractivity contribution in [2.75, 3.05) is 34.3 Å². The number of methoxy groups -OCH3 is 1. The number of quaternary nitrogens is 1. The Morgan fingerprint density at radius 3 is 2.50 bits per heavy atom. The minimum absolute atomic E-state index is 0. The van der Waals surface area contributed by atoms with Crippen LogP contribution in [0.25, 0.3) is 0 Å². The highest BCUT2D eigenvalue weighted by Crippen LogP contribution is 2.44. The van der Waals surface area contributed by atoms with Gasteiger partial charge in [-0.15, -0.1) is 0 Å². The molecular weight excluding hydrogens is 496 g/mol. The number of ether oxygens (including phenoxy) is 2. The lowest BCUT2D eigenvalue weighted by Crippen LogP contribution is -3.00. The average molecular weight is 533 g/mol. The van der Waals surface area contributed by atoms with Crippen molar-refractivity contribution in [2.24, 2.45) is 5.92 Å². The van der Waals surface area contributed by atoms with E-state index in [1.54, 1.807) is 27.3 Å². The van der Waals surface area contributed by atoms with Crippen LogP contribution in [0.5, 0.6) is 5.75 Å². The fourth-order valence-corrected chi connectivity index (χ4v) is 5.33. The Morgan fingerprint density at radius 1 is 1.17 bits per heavy atom. The van der Waals surface area contributed by atoms with Gasteiger partial charge in [-0.3, -0.25) is 9.59 Å². The molecule has 12 heteroatoms. The number of hydrogen-bond donors (Lipinski definition) is 6. The molecule has 11 nitrogen and oxygen atoms in total. The summed E-state index contributed by atoms with van der Waals surface area (Å²) in [6.07, 6.45) is -4.62. The van der Waals surface area contributed by atoms with Crippen LogP contribution in [0.1, 0.15) is 31.2 Å². The Balaban J connectivity index is 0.00000456. The number of hydrogen-bond acceptors (Lipinski definition) is 8. The lowest BCUT2D eigenvalue weighted by molar-refractivity contribution is -0.948. The number of aliphatic hydroxyl groups is 4. The first-order valence-corrected chi connectivity index (χ1v) is 11.8.